The second-order valence-corrected chi connectivity index (χ2v) is 5.78. The normalized spacial score (nSPS) is 12.8. The van der Waals surface area contributed by atoms with Crippen molar-refractivity contribution in [3.8, 4) is 11.3 Å². The molecule has 1 N–H and O–H groups in total. The number of fused-ring (bicyclic) bond motifs is 2. The average molecular weight is 298 g/mol. The topological polar surface area (TPSA) is 46.0 Å². The van der Waals surface area contributed by atoms with Crippen LogP contribution in [-0.4, -0.2) is 20.2 Å². The van der Waals surface area contributed by atoms with E-state index in [0.717, 1.165) is 39.4 Å². The molecule has 0 spiro atoms. The third kappa shape index (κ3) is 1.66. The van der Waals surface area contributed by atoms with E-state index in [1.165, 1.54) is 5.39 Å². The van der Waals surface area contributed by atoms with Crippen LogP contribution in [-0.2, 0) is 7.05 Å². The molecule has 23 heavy (non-hydrogen) atoms. The minimum Gasteiger partial charge on any atom is -0.360 e. The van der Waals surface area contributed by atoms with E-state index >= 15 is 0 Å². The summed E-state index contributed by atoms with van der Waals surface area (Å²) in [7, 11) is 2.01. The molecule has 0 radical (unpaired) electrons. The summed E-state index contributed by atoms with van der Waals surface area (Å²) in [5.41, 5.74) is 6.54. The Morgan fingerprint density at radius 3 is 2.70 bits per heavy atom. The highest BCUT2D eigenvalue weighted by Gasteiger charge is 2.23. The summed E-state index contributed by atoms with van der Waals surface area (Å²) < 4.78 is 2.03. The van der Waals surface area contributed by atoms with E-state index in [1.807, 2.05) is 36.1 Å². The fourth-order valence-electron chi connectivity index (χ4n) is 3.36. The predicted octanol–water partition coefficient (Wildman–Crippen LogP) is 4.05. The lowest BCUT2D eigenvalue weighted by Crippen LogP contribution is -2.02. The van der Waals surface area contributed by atoms with Crippen molar-refractivity contribution < 1.29 is 0 Å². The van der Waals surface area contributed by atoms with Crippen molar-refractivity contribution >= 4 is 22.4 Å². The summed E-state index contributed by atoms with van der Waals surface area (Å²) in [6.45, 7) is 0. The molecule has 2 aromatic carbocycles. The van der Waals surface area contributed by atoms with Crippen LogP contribution in [0.15, 0.2) is 66.0 Å². The Labute approximate surface area is 133 Å². The molecule has 1 aliphatic heterocycles. The highest BCUT2D eigenvalue weighted by molar-refractivity contribution is 6.23. The van der Waals surface area contributed by atoms with Gasteiger partial charge in [-0.25, -0.2) is 9.98 Å². The van der Waals surface area contributed by atoms with Crippen LogP contribution in [0.3, 0.4) is 0 Å². The lowest BCUT2D eigenvalue weighted by Gasteiger charge is -2.07. The van der Waals surface area contributed by atoms with Crippen LogP contribution < -0.4 is 0 Å². The number of hydrogen-bond donors (Lipinski definition) is 1. The van der Waals surface area contributed by atoms with Gasteiger partial charge in [0.25, 0.3) is 0 Å². The molecule has 0 saturated carbocycles. The highest BCUT2D eigenvalue weighted by atomic mass is 15.1. The second-order valence-electron chi connectivity index (χ2n) is 5.78. The van der Waals surface area contributed by atoms with Gasteiger partial charge in [0.2, 0.25) is 0 Å². The van der Waals surface area contributed by atoms with Crippen LogP contribution in [0.25, 0.3) is 22.2 Å². The number of benzene rings is 2. The maximum atomic E-state index is 4.91. The van der Waals surface area contributed by atoms with Gasteiger partial charge in [0.15, 0.2) is 5.82 Å². The molecular formula is C19H14N4. The first-order valence-corrected chi connectivity index (χ1v) is 7.59. The molecule has 4 nitrogen and oxygen atoms in total. The molecule has 1 aliphatic rings. The Morgan fingerprint density at radius 2 is 1.83 bits per heavy atom. The molecule has 0 amide bonds. The predicted molar refractivity (Wildman–Crippen MR) is 92.2 cm³/mol. The van der Waals surface area contributed by atoms with Gasteiger partial charge in [0.05, 0.1) is 17.7 Å². The number of nitrogens with zero attached hydrogens (tertiary/aromatic N) is 3. The molecule has 0 atom stereocenters. The summed E-state index contributed by atoms with van der Waals surface area (Å²) >= 11 is 0. The summed E-state index contributed by atoms with van der Waals surface area (Å²) in [4.78, 5) is 12.8. The van der Waals surface area contributed by atoms with E-state index in [0.29, 0.717) is 0 Å². The van der Waals surface area contributed by atoms with Gasteiger partial charge < -0.3 is 9.55 Å². The molecule has 0 bridgehead atoms. The van der Waals surface area contributed by atoms with Gasteiger partial charge in [0.1, 0.15) is 0 Å². The van der Waals surface area contributed by atoms with Crippen molar-refractivity contribution in [3.63, 3.8) is 0 Å². The van der Waals surface area contributed by atoms with E-state index in [9.17, 15) is 0 Å². The van der Waals surface area contributed by atoms with Crippen LogP contribution in [0.4, 0.5) is 5.82 Å². The van der Waals surface area contributed by atoms with E-state index < -0.39 is 0 Å². The van der Waals surface area contributed by atoms with Crippen molar-refractivity contribution in [2.75, 3.05) is 0 Å². The van der Waals surface area contributed by atoms with Gasteiger partial charge in [-0.2, -0.15) is 0 Å². The van der Waals surface area contributed by atoms with Crippen molar-refractivity contribution in [1.29, 1.82) is 0 Å². The quantitative estimate of drug-likeness (QED) is 0.498. The minimum atomic E-state index is 0.767. The van der Waals surface area contributed by atoms with E-state index in [1.54, 1.807) is 0 Å². The van der Waals surface area contributed by atoms with E-state index in [-0.39, 0.29) is 0 Å². The van der Waals surface area contributed by atoms with Gasteiger partial charge >= 0.3 is 0 Å². The SMILES string of the molecule is Cn1cnc2c1-c1c[nH]c3cccc(c13)C(c1ccccc1)=N2. The Morgan fingerprint density at radius 1 is 0.957 bits per heavy atom. The van der Waals surface area contributed by atoms with Crippen molar-refractivity contribution in [2.24, 2.45) is 12.0 Å². The van der Waals surface area contributed by atoms with Crippen LogP contribution in [0.2, 0.25) is 0 Å². The summed E-state index contributed by atoms with van der Waals surface area (Å²) in [6, 6.07) is 16.6. The molecule has 4 heteroatoms. The van der Waals surface area contributed by atoms with Crippen LogP contribution in [0.5, 0.6) is 0 Å². The molecular weight excluding hydrogens is 284 g/mol. The number of imidazole rings is 1. The fourth-order valence-corrected chi connectivity index (χ4v) is 3.36. The molecule has 0 fully saturated rings. The first-order valence-electron chi connectivity index (χ1n) is 7.59. The minimum absolute atomic E-state index is 0.767. The lowest BCUT2D eigenvalue weighted by molar-refractivity contribution is 0.922. The number of aryl methyl sites for hydroxylation is 1. The van der Waals surface area contributed by atoms with Crippen LogP contribution in [0.1, 0.15) is 11.1 Å². The summed E-state index contributed by atoms with van der Waals surface area (Å²) in [5.74, 6) is 0.767. The molecule has 2 aromatic heterocycles. The molecule has 0 saturated heterocycles. The number of hydrogen-bond acceptors (Lipinski definition) is 2. The first kappa shape index (κ1) is 12.4. The van der Waals surface area contributed by atoms with Crippen molar-refractivity contribution in [1.82, 2.24) is 14.5 Å². The Hall–Kier alpha value is -3.14. The van der Waals surface area contributed by atoms with Gasteiger partial charge in [0, 0.05) is 40.8 Å². The zero-order valence-corrected chi connectivity index (χ0v) is 12.6. The fraction of sp³-hybridized carbons (Fsp3) is 0.0526. The van der Waals surface area contributed by atoms with Gasteiger partial charge in [-0.3, -0.25) is 0 Å². The number of rotatable bonds is 1. The van der Waals surface area contributed by atoms with Crippen LogP contribution in [0, 0.1) is 0 Å². The monoisotopic (exact) mass is 298 g/mol. The summed E-state index contributed by atoms with van der Waals surface area (Å²) in [5, 5.41) is 1.21. The summed E-state index contributed by atoms with van der Waals surface area (Å²) in [6.07, 6.45) is 3.88. The number of aromatic nitrogens is 3. The van der Waals surface area contributed by atoms with E-state index in [4.69, 9.17) is 4.99 Å². The van der Waals surface area contributed by atoms with Crippen molar-refractivity contribution in [3.05, 3.63) is 72.2 Å². The Kier molecular flexibility index (Phi) is 2.39. The Balaban J connectivity index is 1.96. The lowest BCUT2D eigenvalue weighted by atomic mass is 9.97. The highest BCUT2D eigenvalue weighted by Crippen LogP contribution is 2.40. The smallest absolute Gasteiger partial charge is 0.178 e. The van der Waals surface area contributed by atoms with Gasteiger partial charge in [-0.05, 0) is 6.07 Å². The maximum absolute atomic E-state index is 4.91. The third-order valence-corrected chi connectivity index (χ3v) is 4.40. The number of H-pyrrole nitrogens is 1. The maximum Gasteiger partial charge on any atom is 0.178 e. The third-order valence-electron chi connectivity index (χ3n) is 4.40. The molecule has 110 valence electrons. The van der Waals surface area contributed by atoms with Gasteiger partial charge in [-0.1, -0.05) is 42.5 Å². The number of aliphatic imine (C=N–C) groups is 1. The van der Waals surface area contributed by atoms with Crippen molar-refractivity contribution in [2.45, 2.75) is 0 Å². The number of aromatic amines is 1. The zero-order chi connectivity index (χ0) is 15.4. The molecule has 0 aliphatic carbocycles. The largest absolute Gasteiger partial charge is 0.360 e. The second kappa shape index (κ2) is 4.43. The van der Waals surface area contributed by atoms with Crippen LogP contribution >= 0.6 is 0 Å². The van der Waals surface area contributed by atoms with E-state index in [2.05, 4.69) is 46.5 Å². The average Bonchev–Trinajstić information content (AvgIpc) is 3.12. The zero-order valence-electron chi connectivity index (χ0n) is 12.6. The first-order chi connectivity index (χ1) is 11.3. The molecule has 3 heterocycles. The standard InChI is InChI=1S/C19H14N4/c1-23-11-21-19-18(23)14-10-20-15-9-5-8-13(16(14)15)17(22-19)12-6-3-2-4-7-12/h2-11,20H,1H3. The molecule has 0 unspecified atom stereocenters. The number of nitrogens with one attached hydrogen (secondary N) is 1. The molecule has 5 rings (SSSR count). The molecule has 4 aromatic rings. The Bertz CT molecular complexity index is 1070. The van der Waals surface area contributed by atoms with Gasteiger partial charge in [-0.15, -0.1) is 0 Å².